The Balaban J connectivity index is 2.18. The van der Waals surface area contributed by atoms with Crippen molar-refractivity contribution in [3.63, 3.8) is 0 Å². The third-order valence-corrected chi connectivity index (χ3v) is 2.14. The average Bonchev–Trinajstić information content (AvgIpc) is 2.07. The highest BCUT2D eigenvalue weighted by atomic mass is 16.5. The summed E-state index contributed by atoms with van der Waals surface area (Å²) in [5, 5.41) is 0. The third kappa shape index (κ3) is 2.60. The van der Waals surface area contributed by atoms with Crippen molar-refractivity contribution < 1.29 is 9.53 Å². The van der Waals surface area contributed by atoms with Crippen molar-refractivity contribution in [3.8, 4) is 0 Å². The van der Waals surface area contributed by atoms with E-state index in [1.54, 1.807) is 7.11 Å². The molecule has 0 N–H and O–H groups in total. The maximum Gasteiger partial charge on any atom is 0.123 e. The first-order chi connectivity index (χ1) is 5.36. The summed E-state index contributed by atoms with van der Waals surface area (Å²) in [5.74, 6) is 0.295. The number of ether oxygens (including phenoxy) is 1. The van der Waals surface area contributed by atoms with Crippen molar-refractivity contribution in [2.75, 3.05) is 26.9 Å². The van der Waals surface area contributed by atoms with E-state index in [2.05, 4.69) is 4.90 Å². The van der Waals surface area contributed by atoms with E-state index in [1.165, 1.54) is 0 Å². The molecule has 0 radical (unpaired) electrons. The highest BCUT2D eigenvalue weighted by molar-refractivity contribution is 5.53. The normalized spacial score (nSPS) is 21.9. The molecule has 1 saturated heterocycles. The van der Waals surface area contributed by atoms with Gasteiger partial charge in [0, 0.05) is 26.1 Å². The minimum atomic E-state index is 0.295. The van der Waals surface area contributed by atoms with Crippen LogP contribution in [0.4, 0.5) is 0 Å². The van der Waals surface area contributed by atoms with Gasteiger partial charge in [-0.1, -0.05) is 0 Å². The standard InChI is InChI=1S/C8H15NO2/c1-11-7-9-4-2-8(6-10)3-5-9/h6,8H,2-5,7H2,1H3. The van der Waals surface area contributed by atoms with Crippen LogP contribution in [-0.4, -0.2) is 38.1 Å². The van der Waals surface area contributed by atoms with Gasteiger partial charge in [-0.25, -0.2) is 0 Å². The monoisotopic (exact) mass is 157 g/mol. The minimum absolute atomic E-state index is 0.295. The van der Waals surface area contributed by atoms with E-state index in [4.69, 9.17) is 4.74 Å². The highest BCUT2D eigenvalue weighted by Crippen LogP contribution is 2.13. The van der Waals surface area contributed by atoms with Gasteiger partial charge in [-0.3, -0.25) is 4.90 Å². The second-order valence-corrected chi connectivity index (χ2v) is 3.01. The third-order valence-electron chi connectivity index (χ3n) is 2.14. The molecule has 0 bridgehead atoms. The first kappa shape index (κ1) is 8.68. The number of hydrogen-bond donors (Lipinski definition) is 0. The first-order valence-electron chi connectivity index (χ1n) is 4.03. The fourth-order valence-electron chi connectivity index (χ4n) is 1.40. The number of rotatable bonds is 3. The zero-order valence-electron chi connectivity index (χ0n) is 6.95. The number of methoxy groups -OCH3 is 1. The maximum atomic E-state index is 10.4. The topological polar surface area (TPSA) is 29.5 Å². The molecule has 0 unspecified atom stereocenters. The molecule has 1 rings (SSSR count). The van der Waals surface area contributed by atoms with E-state index in [-0.39, 0.29) is 0 Å². The minimum Gasteiger partial charge on any atom is -0.369 e. The average molecular weight is 157 g/mol. The molecule has 64 valence electrons. The fraction of sp³-hybridized carbons (Fsp3) is 0.875. The number of hydrogen-bond acceptors (Lipinski definition) is 3. The van der Waals surface area contributed by atoms with Crippen LogP contribution in [-0.2, 0) is 9.53 Å². The van der Waals surface area contributed by atoms with Crippen LogP contribution >= 0.6 is 0 Å². The van der Waals surface area contributed by atoms with E-state index >= 15 is 0 Å². The van der Waals surface area contributed by atoms with Crippen molar-refractivity contribution in [3.05, 3.63) is 0 Å². The number of likely N-dealkylation sites (tertiary alicyclic amines) is 1. The van der Waals surface area contributed by atoms with Crippen LogP contribution in [0.3, 0.4) is 0 Å². The molecule has 0 saturated carbocycles. The number of nitrogens with zero attached hydrogens (tertiary/aromatic N) is 1. The summed E-state index contributed by atoms with van der Waals surface area (Å²) >= 11 is 0. The molecule has 0 aromatic rings. The Morgan fingerprint density at radius 3 is 2.64 bits per heavy atom. The molecule has 3 nitrogen and oxygen atoms in total. The molecule has 3 heteroatoms. The molecular weight excluding hydrogens is 142 g/mol. The largest absolute Gasteiger partial charge is 0.369 e. The second kappa shape index (κ2) is 4.46. The van der Waals surface area contributed by atoms with Gasteiger partial charge in [-0.15, -0.1) is 0 Å². The van der Waals surface area contributed by atoms with E-state index in [1.807, 2.05) is 0 Å². The van der Waals surface area contributed by atoms with Gasteiger partial charge < -0.3 is 9.53 Å². The first-order valence-corrected chi connectivity index (χ1v) is 4.03. The quantitative estimate of drug-likeness (QED) is 0.559. The fourth-order valence-corrected chi connectivity index (χ4v) is 1.40. The Hall–Kier alpha value is -0.410. The summed E-state index contributed by atoms with van der Waals surface area (Å²) in [6, 6.07) is 0. The van der Waals surface area contributed by atoms with E-state index in [9.17, 15) is 4.79 Å². The lowest BCUT2D eigenvalue weighted by atomic mass is 9.99. The van der Waals surface area contributed by atoms with Gasteiger partial charge in [0.1, 0.15) is 6.29 Å². The number of piperidine rings is 1. The summed E-state index contributed by atoms with van der Waals surface area (Å²) < 4.78 is 4.99. The predicted octanol–water partition coefficient (Wildman–Crippen LogP) is 0.501. The molecule has 0 spiro atoms. The Labute approximate surface area is 67.3 Å². The summed E-state index contributed by atoms with van der Waals surface area (Å²) in [6.07, 6.45) is 3.06. The van der Waals surface area contributed by atoms with Crippen LogP contribution < -0.4 is 0 Å². The lowest BCUT2D eigenvalue weighted by Crippen LogP contribution is -2.35. The number of carbonyl (C=O) groups is 1. The predicted molar refractivity (Wildman–Crippen MR) is 42.2 cm³/mol. The SMILES string of the molecule is COCN1CCC(C=O)CC1. The van der Waals surface area contributed by atoms with Crippen LogP contribution in [0.1, 0.15) is 12.8 Å². The van der Waals surface area contributed by atoms with E-state index < -0.39 is 0 Å². The van der Waals surface area contributed by atoms with Crippen molar-refractivity contribution in [1.82, 2.24) is 4.90 Å². The number of carbonyl (C=O) groups excluding carboxylic acids is 1. The summed E-state index contributed by atoms with van der Waals surface area (Å²) in [5.41, 5.74) is 0. The van der Waals surface area contributed by atoms with Crippen LogP contribution in [0.5, 0.6) is 0 Å². The second-order valence-electron chi connectivity index (χ2n) is 3.01. The van der Waals surface area contributed by atoms with Crippen molar-refractivity contribution in [2.45, 2.75) is 12.8 Å². The van der Waals surface area contributed by atoms with Crippen LogP contribution in [0.25, 0.3) is 0 Å². The summed E-state index contributed by atoms with van der Waals surface area (Å²) in [4.78, 5) is 12.6. The van der Waals surface area contributed by atoms with Gasteiger partial charge in [0.2, 0.25) is 0 Å². The molecule has 11 heavy (non-hydrogen) atoms. The molecule has 0 aliphatic carbocycles. The molecule has 0 amide bonds. The van der Waals surface area contributed by atoms with Crippen molar-refractivity contribution >= 4 is 6.29 Å². The molecule has 1 heterocycles. The molecular formula is C8H15NO2. The Morgan fingerprint density at radius 2 is 2.18 bits per heavy atom. The highest BCUT2D eigenvalue weighted by Gasteiger charge is 2.17. The molecule has 0 aromatic heterocycles. The smallest absolute Gasteiger partial charge is 0.123 e. The molecule has 1 aliphatic heterocycles. The van der Waals surface area contributed by atoms with Crippen LogP contribution in [0.2, 0.25) is 0 Å². The van der Waals surface area contributed by atoms with Gasteiger partial charge in [-0.05, 0) is 12.8 Å². The van der Waals surface area contributed by atoms with Gasteiger partial charge >= 0.3 is 0 Å². The zero-order valence-corrected chi connectivity index (χ0v) is 6.95. The van der Waals surface area contributed by atoms with E-state index in [0.29, 0.717) is 12.6 Å². The Bertz CT molecular complexity index is 119. The van der Waals surface area contributed by atoms with Crippen molar-refractivity contribution in [1.29, 1.82) is 0 Å². The summed E-state index contributed by atoms with van der Waals surface area (Å²) in [6.45, 7) is 2.69. The maximum absolute atomic E-state index is 10.4. The van der Waals surface area contributed by atoms with Crippen molar-refractivity contribution in [2.24, 2.45) is 5.92 Å². The molecule has 1 fully saturated rings. The van der Waals surface area contributed by atoms with Crippen LogP contribution in [0, 0.1) is 5.92 Å². The molecule has 0 atom stereocenters. The number of aldehydes is 1. The lowest BCUT2D eigenvalue weighted by Gasteiger charge is -2.28. The summed E-state index contributed by atoms with van der Waals surface area (Å²) in [7, 11) is 1.70. The molecule has 0 aromatic carbocycles. The van der Waals surface area contributed by atoms with Gasteiger partial charge in [0.05, 0.1) is 6.73 Å². The van der Waals surface area contributed by atoms with Gasteiger partial charge in [-0.2, -0.15) is 0 Å². The van der Waals surface area contributed by atoms with Gasteiger partial charge in [0.15, 0.2) is 0 Å². The van der Waals surface area contributed by atoms with Gasteiger partial charge in [0.25, 0.3) is 0 Å². The Kier molecular flexibility index (Phi) is 3.52. The van der Waals surface area contributed by atoms with E-state index in [0.717, 1.165) is 32.2 Å². The Morgan fingerprint density at radius 1 is 1.55 bits per heavy atom. The lowest BCUT2D eigenvalue weighted by molar-refractivity contribution is -0.112. The molecule has 1 aliphatic rings. The zero-order chi connectivity index (χ0) is 8.10. The van der Waals surface area contributed by atoms with Crippen LogP contribution in [0.15, 0.2) is 0 Å².